The monoisotopic (exact) mass is 287 g/mol. The van der Waals surface area contributed by atoms with E-state index in [0.717, 1.165) is 18.5 Å². The molecule has 0 unspecified atom stereocenters. The van der Waals surface area contributed by atoms with Crippen LogP contribution in [0.5, 0.6) is 0 Å². The Kier molecular flexibility index (Phi) is 7.22. The molecule has 1 rings (SSSR count). The summed E-state index contributed by atoms with van der Waals surface area (Å²) in [7, 11) is 3.37. The molecule has 0 amide bonds. The zero-order valence-electron chi connectivity index (χ0n) is 11.2. The van der Waals surface area contributed by atoms with Gasteiger partial charge in [-0.05, 0) is 24.1 Å². The largest absolute Gasteiger partial charge is 0.385 e. The maximum Gasteiger partial charge on any atom is 0.191 e. The summed E-state index contributed by atoms with van der Waals surface area (Å²) in [5.74, 6) is 0.282. The van der Waals surface area contributed by atoms with Crippen LogP contribution in [0.2, 0.25) is 5.02 Å². The highest BCUT2D eigenvalue weighted by atomic mass is 35.5. The highest BCUT2D eigenvalue weighted by Crippen LogP contribution is 2.15. The molecule has 1 aromatic rings. The lowest BCUT2D eigenvalue weighted by Crippen LogP contribution is -2.37. The molecule has 1 aromatic carbocycles. The van der Waals surface area contributed by atoms with Crippen LogP contribution in [0.25, 0.3) is 0 Å². The van der Waals surface area contributed by atoms with Crippen LogP contribution in [-0.2, 0) is 11.3 Å². The lowest BCUT2D eigenvalue weighted by Gasteiger charge is -2.12. The van der Waals surface area contributed by atoms with Crippen LogP contribution in [0.4, 0.5) is 4.39 Å². The first-order valence-corrected chi connectivity index (χ1v) is 6.42. The summed E-state index contributed by atoms with van der Waals surface area (Å²) in [6.07, 6.45) is 0.902. The Hall–Kier alpha value is -1.33. The van der Waals surface area contributed by atoms with Gasteiger partial charge in [0.1, 0.15) is 5.82 Å². The van der Waals surface area contributed by atoms with E-state index < -0.39 is 5.82 Å². The Bertz CT molecular complexity index is 426. The standard InChI is InChI=1S/C13H19ClFN3O/c1-16-13(17-6-3-7-19-2)18-9-10-4-5-12(15)11(14)8-10/h4-5,8H,3,6-7,9H2,1-2H3,(H2,16,17,18). The number of hydrogen-bond donors (Lipinski definition) is 2. The molecule has 19 heavy (non-hydrogen) atoms. The molecule has 0 saturated carbocycles. The molecule has 0 bridgehead atoms. The van der Waals surface area contributed by atoms with Gasteiger partial charge in [0.05, 0.1) is 5.02 Å². The highest BCUT2D eigenvalue weighted by molar-refractivity contribution is 6.30. The van der Waals surface area contributed by atoms with E-state index in [1.807, 2.05) is 0 Å². The zero-order chi connectivity index (χ0) is 14.1. The molecular formula is C13H19ClFN3O. The SMILES string of the molecule is CN=C(NCCCOC)NCc1ccc(F)c(Cl)c1. The van der Waals surface area contributed by atoms with E-state index in [4.69, 9.17) is 16.3 Å². The second-order valence-corrected chi connectivity index (χ2v) is 4.35. The summed E-state index contributed by atoms with van der Waals surface area (Å²) in [5.41, 5.74) is 0.895. The third-order valence-electron chi connectivity index (χ3n) is 2.49. The van der Waals surface area contributed by atoms with Crippen molar-refractivity contribution in [2.45, 2.75) is 13.0 Å². The van der Waals surface area contributed by atoms with Crippen LogP contribution in [0.15, 0.2) is 23.2 Å². The molecule has 0 aromatic heterocycles. The maximum atomic E-state index is 13.0. The van der Waals surface area contributed by atoms with Gasteiger partial charge in [-0.25, -0.2) is 4.39 Å². The zero-order valence-corrected chi connectivity index (χ0v) is 11.9. The van der Waals surface area contributed by atoms with Gasteiger partial charge in [-0.2, -0.15) is 0 Å². The number of benzene rings is 1. The molecule has 6 heteroatoms. The smallest absolute Gasteiger partial charge is 0.191 e. The van der Waals surface area contributed by atoms with E-state index in [0.29, 0.717) is 19.1 Å². The van der Waals surface area contributed by atoms with Crippen molar-refractivity contribution in [1.29, 1.82) is 0 Å². The van der Waals surface area contributed by atoms with Crippen LogP contribution in [-0.4, -0.2) is 33.3 Å². The summed E-state index contributed by atoms with van der Waals surface area (Å²) in [4.78, 5) is 4.09. The fraction of sp³-hybridized carbons (Fsp3) is 0.462. The minimum Gasteiger partial charge on any atom is -0.385 e. The van der Waals surface area contributed by atoms with Gasteiger partial charge in [-0.3, -0.25) is 4.99 Å². The predicted octanol–water partition coefficient (Wildman–Crippen LogP) is 2.18. The molecule has 0 fully saturated rings. The fourth-order valence-electron chi connectivity index (χ4n) is 1.48. The molecule has 0 aliphatic heterocycles. The minimum atomic E-state index is -0.410. The molecular weight excluding hydrogens is 269 g/mol. The normalized spacial score (nSPS) is 11.5. The van der Waals surface area contributed by atoms with Gasteiger partial charge in [-0.1, -0.05) is 17.7 Å². The number of nitrogens with zero attached hydrogens (tertiary/aromatic N) is 1. The molecule has 0 aliphatic carbocycles. The molecule has 0 aliphatic rings. The number of rotatable bonds is 6. The lowest BCUT2D eigenvalue weighted by molar-refractivity contribution is 0.195. The van der Waals surface area contributed by atoms with Crippen LogP contribution in [0, 0.1) is 5.82 Å². The Morgan fingerprint density at radius 3 is 2.84 bits per heavy atom. The molecule has 0 atom stereocenters. The molecule has 0 saturated heterocycles. The summed E-state index contributed by atoms with van der Waals surface area (Å²) < 4.78 is 18.0. The highest BCUT2D eigenvalue weighted by Gasteiger charge is 2.02. The first-order chi connectivity index (χ1) is 9.17. The third-order valence-corrected chi connectivity index (χ3v) is 2.77. The Balaban J connectivity index is 2.38. The third kappa shape index (κ3) is 5.89. The van der Waals surface area contributed by atoms with Crippen molar-refractivity contribution in [1.82, 2.24) is 10.6 Å². The molecule has 0 spiro atoms. The number of guanidine groups is 1. The van der Waals surface area contributed by atoms with E-state index in [1.165, 1.54) is 6.07 Å². The lowest BCUT2D eigenvalue weighted by atomic mass is 10.2. The Morgan fingerprint density at radius 1 is 1.42 bits per heavy atom. The topological polar surface area (TPSA) is 45.7 Å². The Labute approximate surface area is 118 Å². The Morgan fingerprint density at radius 2 is 2.21 bits per heavy atom. The van der Waals surface area contributed by atoms with Crippen LogP contribution < -0.4 is 10.6 Å². The van der Waals surface area contributed by atoms with Gasteiger partial charge in [0.25, 0.3) is 0 Å². The van der Waals surface area contributed by atoms with Crippen molar-refractivity contribution in [3.8, 4) is 0 Å². The first kappa shape index (κ1) is 15.7. The number of methoxy groups -OCH3 is 1. The number of hydrogen-bond acceptors (Lipinski definition) is 2. The molecule has 106 valence electrons. The van der Waals surface area contributed by atoms with E-state index in [1.54, 1.807) is 26.3 Å². The van der Waals surface area contributed by atoms with E-state index in [9.17, 15) is 4.39 Å². The van der Waals surface area contributed by atoms with Gasteiger partial charge < -0.3 is 15.4 Å². The van der Waals surface area contributed by atoms with E-state index in [-0.39, 0.29) is 5.02 Å². The fourth-order valence-corrected chi connectivity index (χ4v) is 1.68. The number of ether oxygens (including phenoxy) is 1. The van der Waals surface area contributed by atoms with Gasteiger partial charge in [-0.15, -0.1) is 0 Å². The van der Waals surface area contributed by atoms with Gasteiger partial charge in [0.2, 0.25) is 0 Å². The first-order valence-electron chi connectivity index (χ1n) is 6.04. The maximum absolute atomic E-state index is 13.0. The average molecular weight is 288 g/mol. The van der Waals surface area contributed by atoms with Crippen molar-refractivity contribution in [2.75, 3.05) is 27.3 Å². The molecule has 2 N–H and O–H groups in total. The summed E-state index contributed by atoms with van der Waals surface area (Å²) >= 11 is 5.72. The number of halogens is 2. The number of aliphatic imine (C=N–C) groups is 1. The molecule has 0 heterocycles. The van der Waals surface area contributed by atoms with Crippen molar-refractivity contribution in [3.63, 3.8) is 0 Å². The quantitative estimate of drug-likeness (QED) is 0.479. The summed E-state index contributed by atoms with van der Waals surface area (Å²) in [6.45, 7) is 2.01. The van der Waals surface area contributed by atoms with Crippen molar-refractivity contribution >= 4 is 17.6 Å². The minimum absolute atomic E-state index is 0.127. The van der Waals surface area contributed by atoms with Crippen LogP contribution >= 0.6 is 11.6 Å². The molecule has 4 nitrogen and oxygen atoms in total. The molecule has 0 radical (unpaired) electrons. The second kappa shape index (κ2) is 8.72. The van der Waals surface area contributed by atoms with Crippen molar-refractivity contribution in [3.05, 3.63) is 34.6 Å². The average Bonchev–Trinajstić information content (AvgIpc) is 2.42. The second-order valence-electron chi connectivity index (χ2n) is 3.95. The summed E-state index contributed by atoms with van der Waals surface area (Å²) in [6, 6.07) is 4.64. The predicted molar refractivity (Wildman–Crippen MR) is 76.1 cm³/mol. The van der Waals surface area contributed by atoms with E-state index in [2.05, 4.69) is 15.6 Å². The van der Waals surface area contributed by atoms with Crippen molar-refractivity contribution in [2.24, 2.45) is 4.99 Å². The van der Waals surface area contributed by atoms with Crippen LogP contribution in [0.1, 0.15) is 12.0 Å². The van der Waals surface area contributed by atoms with Crippen LogP contribution in [0.3, 0.4) is 0 Å². The van der Waals surface area contributed by atoms with Crippen molar-refractivity contribution < 1.29 is 9.13 Å². The number of nitrogens with one attached hydrogen (secondary N) is 2. The summed E-state index contributed by atoms with van der Waals surface area (Å²) in [5, 5.41) is 6.41. The van der Waals surface area contributed by atoms with E-state index >= 15 is 0 Å². The van der Waals surface area contributed by atoms with Gasteiger partial charge in [0, 0.05) is 33.9 Å². The van der Waals surface area contributed by atoms with Gasteiger partial charge >= 0.3 is 0 Å². The van der Waals surface area contributed by atoms with Gasteiger partial charge in [0.15, 0.2) is 5.96 Å².